The van der Waals surface area contributed by atoms with Crippen molar-refractivity contribution in [3.8, 4) is 0 Å². The van der Waals surface area contributed by atoms with Crippen LogP contribution >= 0.6 is 31.9 Å². The van der Waals surface area contributed by atoms with Crippen molar-refractivity contribution in [1.82, 2.24) is 5.32 Å². The molecule has 1 atom stereocenters. The zero-order valence-electron chi connectivity index (χ0n) is 13.9. The molecule has 2 aromatic carbocycles. The summed E-state index contributed by atoms with van der Waals surface area (Å²) >= 11 is 6.11. The third kappa shape index (κ3) is 8.18. The van der Waals surface area contributed by atoms with Crippen molar-refractivity contribution in [3.63, 3.8) is 0 Å². The van der Waals surface area contributed by atoms with Gasteiger partial charge in [0.15, 0.2) is 0 Å². The molecule has 0 radical (unpaired) electrons. The van der Waals surface area contributed by atoms with Crippen molar-refractivity contribution < 1.29 is 18.3 Å². The van der Waals surface area contributed by atoms with Gasteiger partial charge >= 0.3 is 0 Å². The molecule has 0 saturated carbocycles. The standard InChI is InChI=1S/C11H15BrFNO.C7H4BrFO/c1-8(15-2)6-14-7-9-3-4-11(13)10(12)5-9;8-6-3-5(4-10)1-2-7(6)9/h3-5,8,14H,6-7H2,1-2H3;1-4H. The maximum absolute atomic E-state index is 12.9. The lowest BCUT2D eigenvalue weighted by molar-refractivity contribution is 0.112. The van der Waals surface area contributed by atoms with Crippen molar-refractivity contribution in [1.29, 1.82) is 0 Å². The van der Waals surface area contributed by atoms with Gasteiger partial charge in [-0.2, -0.15) is 0 Å². The number of carbonyl (C=O) groups is 1. The van der Waals surface area contributed by atoms with Crippen LogP contribution < -0.4 is 5.32 Å². The average molecular weight is 479 g/mol. The van der Waals surface area contributed by atoms with Crippen molar-refractivity contribution in [3.05, 3.63) is 68.1 Å². The van der Waals surface area contributed by atoms with Crippen LogP contribution in [0, 0.1) is 11.6 Å². The lowest BCUT2D eigenvalue weighted by Gasteiger charge is -2.10. The lowest BCUT2D eigenvalue weighted by Crippen LogP contribution is -2.25. The van der Waals surface area contributed by atoms with Crippen molar-refractivity contribution in [2.24, 2.45) is 0 Å². The molecule has 25 heavy (non-hydrogen) atoms. The van der Waals surface area contributed by atoms with Gasteiger partial charge in [0.25, 0.3) is 0 Å². The fraction of sp³-hybridized carbons (Fsp3) is 0.278. The average Bonchev–Trinajstić information content (AvgIpc) is 2.60. The van der Waals surface area contributed by atoms with Crippen LogP contribution in [0.2, 0.25) is 0 Å². The van der Waals surface area contributed by atoms with Gasteiger partial charge in [-0.15, -0.1) is 0 Å². The summed E-state index contributed by atoms with van der Waals surface area (Å²) in [5, 5.41) is 3.23. The van der Waals surface area contributed by atoms with Gasteiger partial charge in [-0.25, -0.2) is 8.78 Å². The molecular formula is C18H19Br2F2NO2. The van der Waals surface area contributed by atoms with Crippen LogP contribution in [0.25, 0.3) is 0 Å². The molecule has 0 bridgehead atoms. The summed E-state index contributed by atoms with van der Waals surface area (Å²) in [5.74, 6) is -0.588. The highest BCUT2D eigenvalue weighted by molar-refractivity contribution is 9.10. The van der Waals surface area contributed by atoms with E-state index in [1.807, 2.05) is 6.92 Å². The normalized spacial score (nSPS) is 11.4. The zero-order valence-corrected chi connectivity index (χ0v) is 17.0. The molecule has 0 heterocycles. The number of aldehydes is 1. The number of rotatable bonds is 6. The summed E-state index contributed by atoms with van der Waals surface area (Å²) in [4.78, 5) is 10.1. The summed E-state index contributed by atoms with van der Waals surface area (Å²) in [6, 6.07) is 9.11. The van der Waals surface area contributed by atoms with Gasteiger partial charge in [-0.05, 0) is 74.7 Å². The number of hydrogen-bond donors (Lipinski definition) is 1. The van der Waals surface area contributed by atoms with Gasteiger partial charge in [0.05, 0.1) is 15.0 Å². The molecule has 0 fully saturated rings. The first-order valence-electron chi connectivity index (χ1n) is 7.45. The first-order chi connectivity index (χ1) is 11.9. The largest absolute Gasteiger partial charge is 0.380 e. The quantitative estimate of drug-likeness (QED) is 0.586. The highest BCUT2D eigenvalue weighted by Gasteiger charge is 2.02. The van der Waals surface area contributed by atoms with E-state index in [0.29, 0.717) is 27.3 Å². The Morgan fingerprint density at radius 1 is 1.12 bits per heavy atom. The zero-order chi connectivity index (χ0) is 18.8. The monoisotopic (exact) mass is 477 g/mol. The summed E-state index contributed by atoms with van der Waals surface area (Å²) in [6.45, 7) is 3.49. The van der Waals surface area contributed by atoms with E-state index in [2.05, 4.69) is 37.2 Å². The Balaban J connectivity index is 0.000000271. The summed E-state index contributed by atoms with van der Waals surface area (Å²) in [5.41, 5.74) is 1.51. The molecule has 0 aliphatic carbocycles. The van der Waals surface area contributed by atoms with E-state index in [4.69, 9.17) is 4.74 Å². The SMILES string of the molecule is COC(C)CNCc1ccc(F)c(Br)c1.O=Cc1ccc(F)c(Br)c1. The van der Waals surface area contributed by atoms with Crippen LogP contribution in [-0.4, -0.2) is 26.0 Å². The minimum atomic E-state index is -0.356. The molecule has 7 heteroatoms. The highest BCUT2D eigenvalue weighted by Crippen LogP contribution is 2.17. The summed E-state index contributed by atoms with van der Waals surface area (Å²) in [6.07, 6.45) is 0.860. The first kappa shape index (κ1) is 21.9. The number of methoxy groups -OCH3 is 1. The Morgan fingerprint density at radius 2 is 1.72 bits per heavy atom. The second-order valence-electron chi connectivity index (χ2n) is 5.22. The second kappa shape index (κ2) is 11.5. The van der Waals surface area contributed by atoms with E-state index >= 15 is 0 Å². The van der Waals surface area contributed by atoms with Gasteiger partial charge in [0, 0.05) is 25.8 Å². The molecule has 0 amide bonds. The van der Waals surface area contributed by atoms with Crippen LogP contribution in [0.15, 0.2) is 45.3 Å². The predicted molar refractivity (Wildman–Crippen MR) is 102 cm³/mol. The Morgan fingerprint density at radius 3 is 2.24 bits per heavy atom. The van der Waals surface area contributed by atoms with E-state index in [0.717, 1.165) is 12.1 Å². The highest BCUT2D eigenvalue weighted by atomic mass is 79.9. The maximum atomic E-state index is 12.9. The van der Waals surface area contributed by atoms with Gasteiger partial charge in [0.2, 0.25) is 0 Å². The van der Waals surface area contributed by atoms with Crippen LogP contribution in [0.1, 0.15) is 22.8 Å². The van der Waals surface area contributed by atoms with E-state index in [-0.39, 0.29) is 17.7 Å². The smallest absolute Gasteiger partial charge is 0.150 e. The molecule has 2 aromatic rings. The summed E-state index contributed by atoms with van der Waals surface area (Å²) < 4.78 is 31.3. The Bertz CT molecular complexity index is 699. The fourth-order valence-electron chi connectivity index (χ4n) is 1.74. The van der Waals surface area contributed by atoms with Crippen LogP contribution in [0.3, 0.4) is 0 Å². The number of hydrogen-bond acceptors (Lipinski definition) is 3. The predicted octanol–water partition coefficient (Wildman–Crippen LogP) is 5.11. The minimum absolute atomic E-state index is 0.189. The number of nitrogens with one attached hydrogen (secondary N) is 1. The maximum Gasteiger partial charge on any atom is 0.150 e. The third-order valence-corrected chi connectivity index (χ3v) is 4.44. The number of ether oxygens (including phenoxy) is 1. The van der Waals surface area contributed by atoms with Gasteiger partial charge < -0.3 is 10.1 Å². The molecule has 1 N–H and O–H groups in total. The van der Waals surface area contributed by atoms with Gasteiger partial charge in [-0.1, -0.05) is 6.07 Å². The van der Waals surface area contributed by atoms with Crippen LogP contribution in [0.4, 0.5) is 8.78 Å². The van der Waals surface area contributed by atoms with Crippen molar-refractivity contribution >= 4 is 38.1 Å². The molecule has 136 valence electrons. The van der Waals surface area contributed by atoms with Crippen molar-refractivity contribution in [2.45, 2.75) is 19.6 Å². The third-order valence-electron chi connectivity index (χ3n) is 3.23. The number of halogens is 4. The Hall–Kier alpha value is -1.15. The molecular weight excluding hydrogens is 460 g/mol. The molecule has 3 nitrogen and oxygen atoms in total. The van der Waals surface area contributed by atoms with E-state index in [1.165, 1.54) is 24.3 Å². The summed E-state index contributed by atoms with van der Waals surface area (Å²) in [7, 11) is 1.68. The molecule has 2 rings (SSSR count). The number of benzene rings is 2. The van der Waals surface area contributed by atoms with Crippen molar-refractivity contribution in [2.75, 3.05) is 13.7 Å². The molecule has 0 spiro atoms. The molecule has 1 unspecified atom stereocenters. The molecule has 0 aromatic heterocycles. The molecule has 0 saturated heterocycles. The van der Waals surface area contributed by atoms with Crippen LogP contribution in [-0.2, 0) is 11.3 Å². The van der Waals surface area contributed by atoms with Gasteiger partial charge in [-0.3, -0.25) is 4.79 Å². The van der Waals surface area contributed by atoms with E-state index < -0.39 is 0 Å². The minimum Gasteiger partial charge on any atom is -0.380 e. The lowest BCUT2D eigenvalue weighted by atomic mass is 10.2. The topological polar surface area (TPSA) is 38.3 Å². The van der Waals surface area contributed by atoms with Crippen LogP contribution in [0.5, 0.6) is 0 Å². The second-order valence-corrected chi connectivity index (χ2v) is 6.93. The first-order valence-corrected chi connectivity index (χ1v) is 9.03. The van der Waals surface area contributed by atoms with E-state index in [1.54, 1.807) is 19.2 Å². The number of carbonyl (C=O) groups excluding carboxylic acids is 1. The molecule has 0 aliphatic heterocycles. The van der Waals surface area contributed by atoms with Gasteiger partial charge in [0.1, 0.15) is 17.9 Å². The van der Waals surface area contributed by atoms with E-state index in [9.17, 15) is 13.6 Å². The fourth-order valence-corrected chi connectivity index (χ4v) is 2.56. The Kier molecular flexibility index (Phi) is 10.0. The molecule has 0 aliphatic rings. The Labute approximate surface area is 163 Å².